The summed E-state index contributed by atoms with van der Waals surface area (Å²) in [5.41, 5.74) is 1.56. The zero-order chi connectivity index (χ0) is 20.6. The standard InChI is InChI=1S/C21H21N7OS/c29-21(23-11-6-13-27-14-12-22-16-27)18-9-4-5-10-19(18)30-15-20-24-25-26-28(20)17-7-2-1-3-8-17/h1-5,7-10,12,14,16H,6,11,13,15H2,(H,23,29). The van der Waals surface area contributed by atoms with E-state index in [4.69, 9.17) is 0 Å². The van der Waals surface area contributed by atoms with Crippen molar-refractivity contribution in [3.05, 3.63) is 84.7 Å². The second-order valence-electron chi connectivity index (χ2n) is 6.54. The number of hydrogen-bond acceptors (Lipinski definition) is 6. The Labute approximate surface area is 178 Å². The molecular weight excluding hydrogens is 398 g/mol. The lowest BCUT2D eigenvalue weighted by Gasteiger charge is -2.10. The summed E-state index contributed by atoms with van der Waals surface area (Å²) in [6.07, 6.45) is 6.27. The number of tetrazole rings is 1. The SMILES string of the molecule is O=C(NCCCn1ccnc1)c1ccccc1SCc1nnnn1-c1ccccc1. The Bertz CT molecular complexity index is 1080. The fourth-order valence-corrected chi connectivity index (χ4v) is 3.92. The number of aryl methyl sites for hydroxylation is 1. The second-order valence-corrected chi connectivity index (χ2v) is 7.55. The highest BCUT2D eigenvalue weighted by molar-refractivity contribution is 7.98. The highest BCUT2D eigenvalue weighted by Crippen LogP contribution is 2.26. The van der Waals surface area contributed by atoms with Crippen molar-refractivity contribution in [1.82, 2.24) is 35.1 Å². The number of imidazole rings is 1. The number of benzene rings is 2. The number of para-hydroxylation sites is 1. The van der Waals surface area contributed by atoms with Crippen molar-refractivity contribution in [2.24, 2.45) is 0 Å². The highest BCUT2D eigenvalue weighted by atomic mass is 32.2. The van der Waals surface area contributed by atoms with Gasteiger partial charge in [0.1, 0.15) is 0 Å². The Balaban J connectivity index is 1.37. The molecule has 0 spiro atoms. The van der Waals surface area contributed by atoms with E-state index in [9.17, 15) is 4.79 Å². The minimum Gasteiger partial charge on any atom is -0.352 e. The van der Waals surface area contributed by atoms with Gasteiger partial charge in [-0.25, -0.2) is 4.98 Å². The van der Waals surface area contributed by atoms with Crippen molar-refractivity contribution >= 4 is 17.7 Å². The van der Waals surface area contributed by atoms with Gasteiger partial charge in [-0.2, -0.15) is 4.68 Å². The van der Waals surface area contributed by atoms with Crippen LogP contribution in [0.3, 0.4) is 0 Å². The lowest BCUT2D eigenvalue weighted by atomic mass is 10.2. The zero-order valence-electron chi connectivity index (χ0n) is 16.3. The van der Waals surface area contributed by atoms with Crippen LogP contribution in [0, 0.1) is 0 Å². The normalized spacial score (nSPS) is 10.8. The van der Waals surface area contributed by atoms with Gasteiger partial charge < -0.3 is 9.88 Å². The van der Waals surface area contributed by atoms with E-state index in [0.717, 1.165) is 29.4 Å². The molecule has 0 aliphatic heterocycles. The summed E-state index contributed by atoms with van der Waals surface area (Å²) in [6.45, 7) is 1.42. The van der Waals surface area contributed by atoms with Gasteiger partial charge in [0.25, 0.3) is 5.91 Å². The van der Waals surface area contributed by atoms with Gasteiger partial charge >= 0.3 is 0 Å². The maximum absolute atomic E-state index is 12.7. The second kappa shape index (κ2) is 9.84. The van der Waals surface area contributed by atoms with E-state index < -0.39 is 0 Å². The molecule has 30 heavy (non-hydrogen) atoms. The summed E-state index contributed by atoms with van der Waals surface area (Å²) in [4.78, 5) is 17.6. The first-order valence-corrected chi connectivity index (χ1v) is 10.6. The molecule has 0 radical (unpaired) electrons. The Morgan fingerprint density at radius 3 is 2.73 bits per heavy atom. The molecule has 0 aliphatic rings. The lowest BCUT2D eigenvalue weighted by molar-refractivity contribution is 0.0950. The van der Waals surface area contributed by atoms with Crippen molar-refractivity contribution in [2.75, 3.05) is 6.54 Å². The first-order chi connectivity index (χ1) is 14.8. The molecule has 0 atom stereocenters. The van der Waals surface area contributed by atoms with E-state index in [-0.39, 0.29) is 5.91 Å². The molecule has 2 heterocycles. The van der Waals surface area contributed by atoms with Crippen LogP contribution in [0.2, 0.25) is 0 Å². The molecule has 0 saturated carbocycles. The molecule has 2 aromatic heterocycles. The monoisotopic (exact) mass is 419 g/mol. The Morgan fingerprint density at radius 2 is 1.90 bits per heavy atom. The predicted octanol–water partition coefficient (Wildman–Crippen LogP) is 2.97. The summed E-state index contributed by atoms with van der Waals surface area (Å²) >= 11 is 1.54. The quantitative estimate of drug-likeness (QED) is 0.331. The summed E-state index contributed by atoms with van der Waals surface area (Å²) in [7, 11) is 0. The van der Waals surface area contributed by atoms with Crippen molar-refractivity contribution in [3.8, 4) is 5.69 Å². The van der Waals surface area contributed by atoms with E-state index >= 15 is 0 Å². The summed E-state index contributed by atoms with van der Waals surface area (Å²) in [5, 5.41) is 15.0. The number of rotatable bonds is 9. The van der Waals surface area contributed by atoms with Crippen LogP contribution in [0.25, 0.3) is 5.69 Å². The molecular formula is C21H21N7OS. The summed E-state index contributed by atoms with van der Waals surface area (Å²) in [6, 6.07) is 17.3. The highest BCUT2D eigenvalue weighted by Gasteiger charge is 2.14. The van der Waals surface area contributed by atoms with Gasteiger partial charge in [0.05, 0.1) is 23.3 Å². The van der Waals surface area contributed by atoms with Crippen LogP contribution < -0.4 is 5.32 Å². The average molecular weight is 420 g/mol. The maximum Gasteiger partial charge on any atom is 0.252 e. The minimum atomic E-state index is -0.0774. The zero-order valence-corrected chi connectivity index (χ0v) is 17.1. The fraction of sp³-hybridized carbons (Fsp3) is 0.190. The predicted molar refractivity (Wildman–Crippen MR) is 114 cm³/mol. The van der Waals surface area contributed by atoms with Gasteiger partial charge in [0.15, 0.2) is 5.82 Å². The number of carbonyl (C=O) groups is 1. The summed E-state index contributed by atoms with van der Waals surface area (Å²) < 4.78 is 3.71. The number of carbonyl (C=O) groups excluding carboxylic acids is 1. The van der Waals surface area contributed by atoms with E-state index in [1.54, 1.807) is 29.0 Å². The average Bonchev–Trinajstić information content (AvgIpc) is 3.48. The number of hydrogen-bond donors (Lipinski definition) is 1. The van der Waals surface area contributed by atoms with Crippen LogP contribution >= 0.6 is 11.8 Å². The summed E-state index contributed by atoms with van der Waals surface area (Å²) in [5.74, 6) is 1.19. The molecule has 1 amide bonds. The Hall–Kier alpha value is -3.46. The molecule has 9 heteroatoms. The third-order valence-corrected chi connectivity index (χ3v) is 5.53. The number of nitrogens with one attached hydrogen (secondary N) is 1. The number of aromatic nitrogens is 6. The van der Waals surface area contributed by atoms with Crippen LogP contribution in [0.5, 0.6) is 0 Å². The first-order valence-electron chi connectivity index (χ1n) is 9.60. The molecule has 8 nitrogen and oxygen atoms in total. The van der Waals surface area contributed by atoms with Gasteiger partial charge in [-0.3, -0.25) is 4.79 Å². The lowest BCUT2D eigenvalue weighted by Crippen LogP contribution is -2.25. The van der Waals surface area contributed by atoms with Crippen molar-refractivity contribution < 1.29 is 4.79 Å². The van der Waals surface area contributed by atoms with Crippen molar-refractivity contribution in [3.63, 3.8) is 0 Å². The van der Waals surface area contributed by atoms with E-state index in [1.165, 1.54) is 0 Å². The van der Waals surface area contributed by atoms with Crippen LogP contribution in [0.1, 0.15) is 22.6 Å². The number of thioether (sulfide) groups is 1. The molecule has 0 saturated heterocycles. The molecule has 4 aromatic rings. The van der Waals surface area contributed by atoms with Gasteiger partial charge in [0.2, 0.25) is 0 Å². The van der Waals surface area contributed by atoms with E-state index in [2.05, 4.69) is 25.8 Å². The van der Waals surface area contributed by atoms with Gasteiger partial charge in [-0.15, -0.1) is 16.9 Å². The topological polar surface area (TPSA) is 90.5 Å². The van der Waals surface area contributed by atoms with Gasteiger partial charge in [-0.05, 0) is 41.1 Å². The molecule has 0 bridgehead atoms. The molecule has 4 rings (SSSR count). The first kappa shape index (κ1) is 19.8. The van der Waals surface area contributed by atoms with Crippen molar-refractivity contribution in [2.45, 2.75) is 23.6 Å². The minimum absolute atomic E-state index is 0.0774. The van der Waals surface area contributed by atoms with Crippen LogP contribution in [-0.2, 0) is 12.3 Å². The van der Waals surface area contributed by atoms with Crippen LogP contribution in [0.4, 0.5) is 0 Å². The molecule has 0 unspecified atom stereocenters. The Morgan fingerprint density at radius 1 is 1.07 bits per heavy atom. The third-order valence-electron chi connectivity index (χ3n) is 4.46. The van der Waals surface area contributed by atoms with Crippen LogP contribution in [0.15, 0.2) is 78.2 Å². The number of amides is 1. The molecule has 0 fully saturated rings. The van der Waals surface area contributed by atoms with Crippen molar-refractivity contribution in [1.29, 1.82) is 0 Å². The van der Waals surface area contributed by atoms with E-state index in [0.29, 0.717) is 17.9 Å². The molecule has 1 N–H and O–H groups in total. The molecule has 152 valence electrons. The third kappa shape index (κ3) is 4.93. The Kier molecular flexibility index (Phi) is 6.51. The largest absolute Gasteiger partial charge is 0.352 e. The van der Waals surface area contributed by atoms with Gasteiger partial charge in [-0.1, -0.05) is 30.3 Å². The molecule has 0 aliphatic carbocycles. The fourth-order valence-electron chi connectivity index (χ4n) is 2.97. The number of nitrogens with zero attached hydrogens (tertiary/aromatic N) is 6. The maximum atomic E-state index is 12.7. The smallest absolute Gasteiger partial charge is 0.252 e. The molecule has 2 aromatic carbocycles. The van der Waals surface area contributed by atoms with E-state index in [1.807, 2.05) is 65.4 Å². The van der Waals surface area contributed by atoms with Gasteiger partial charge in [0, 0.05) is 30.4 Å². The van der Waals surface area contributed by atoms with Crippen LogP contribution in [-0.4, -0.2) is 42.2 Å².